The summed E-state index contributed by atoms with van der Waals surface area (Å²) in [6.45, 7) is 6.65. The molecule has 2 nitrogen and oxygen atoms in total. The maximum absolute atomic E-state index is 14.0. The van der Waals surface area contributed by atoms with Crippen LogP contribution in [0.5, 0.6) is 5.75 Å². The molecule has 0 spiro atoms. The second kappa shape index (κ2) is 4.61. The molecule has 2 aromatic rings. The third-order valence-electron chi connectivity index (χ3n) is 2.67. The highest BCUT2D eigenvalue weighted by Gasteiger charge is 2.16. The van der Waals surface area contributed by atoms with E-state index < -0.39 is 11.8 Å². The van der Waals surface area contributed by atoms with Crippen molar-refractivity contribution in [2.75, 3.05) is 0 Å². The molecule has 0 saturated carbocycles. The fourth-order valence-corrected chi connectivity index (χ4v) is 1.70. The highest BCUT2D eigenvalue weighted by molar-refractivity contribution is 5.94. The normalized spacial score (nSPS) is 10.4. The van der Waals surface area contributed by atoms with Crippen LogP contribution in [0.1, 0.15) is 12.5 Å². The molecule has 0 aromatic heterocycles. The third kappa shape index (κ3) is 2.12. The van der Waals surface area contributed by atoms with Crippen LogP contribution in [0.3, 0.4) is 0 Å². The van der Waals surface area contributed by atoms with E-state index in [4.69, 9.17) is 4.74 Å². The maximum Gasteiger partial charge on any atom is 0.338 e. The molecular weight excluding hydrogens is 231 g/mol. The number of ether oxygens (including phenoxy) is 1. The van der Waals surface area contributed by atoms with Gasteiger partial charge in [-0.3, -0.25) is 0 Å². The highest BCUT2D eigenvalue weighted by Crippen LogP contribution is 2.31. The number of hydrogen-bond acceptors (Lipinski definition) is 2. The molecule has 0 radical (unpaired) electrons. The molecule has 92 valence electrons. The van der Waals surface area contributed by atoms with Gasteiger partial charge in [-0.05, 0) is 30.9 Å². The van der Waals surface area contributed by atoms with E-state index in [2.05, 4.69) is 6.58 Å². The van der Waals surface area contributed by atoms with Crippen molar-refractivity contribution in [1.29, 1.82) is 0 Å². The molecule has 0 atom stereocenters. The second-order valence-corrected chi connectivity index (χ2v) is 4.23. The fourth-order valence-electron chi connectivity index (χ4n) is 1.70. The van der Waals surface area contributed by atoms with Crippen LogP contribution in [-0.4, -0.2) is 5.97 Å². The Labute approximate surface area is 105 Å². The van der Waals surface area contributed by atoms with Crippen LogP contribution in [0, 0.1) is 12.7 Å². The Hall–Kier alpha value is -2.16. The molecule has 3 heteroatoms. The summed E-state index contributed by atoms with van der Waals surface area (Å²) in [5, 5.41) is 1.41. The van der Waals surface area contributed by atoms with Gasteiger partial charge >= 0.3 is 5.97 Å². The average Bonchev–Trinajstić information content (AvgIpc) is 2.34. The quantitative estimate of drug-likeness (QED) is 0.456. The van der Waals surface area contributed by atoms with Gasteiger partial charge in [-0.2, -0.15) is 0 Å². The lowest BCUT2D eigenvalue weighted by Gasteiger charge is -2.10. The third-order valence-corrected chi connectivity index (χ3v) is 2.67. The Balaban J connectivity index is 2.63. The summed E-state index contributed by atoms with van der Waals surface area (Å²) >= 11 is 0. The van der Waals surface area contributed by atoms with Gasteiger partial charge in [0, 0.05) is 11.0 Å². The first-order valence-electron chi connectivity index (χ1n) is 5.56. The number of benzene rings is 2. The molecule has 0 fully saturated rings. The van der Waals surface area contributed by atoms with Crippen LogP contribution < -0.4 is 4.74 Å². The van der Waals surface area contributed by atoms with Crippen LogP contribution in [0.2, 0.25) is 0 Å². The average molecular weight is 244 g/mol. The summed E-state index contributed by atoms with van der Waals surface area (Å²) in [7, 11) is 0. The summed E-state index contributed by atoms with van der Waals surface area (Å²) in [5.41, 5.74) is 0.679. The van der Waals surface area contributed by atoms with Gasteiger partial charge in [0.05, 0.1) is 0 Å². The molecule has 0 unspecified atom stereocenters. The second-order valence-electron chi connectivity index (χ2n) is 4.23. The van der Waals surface area contributed by atoms with E-state index in [1.54, 1.807) is 25.1 Å². The van der Waals surface area contributed by atoms with Crippen molar-refractivity contribution in [2.24, 2.45) is 0 Å². The van der Waals surface area contributed by atoms with Crippen molar-refractivity contribution in [3.05, 3.63) is 53.9 Å². The lowest BCUT2D eigenvalue weighted by molar-refractivity contribution is -0.130. The van der Waals surface area contributed by atoms with Crippen molar-refractivity contribution in [2.45, 2.75) is 13.8 Å². The van der Waals surface area contributed by atoms with E-state index in [-0.39, 0.29) is 11.3 Å². The van der Waals surface area contributed by atoms with Gasteiger partial charge < -0.3 is 4.74 Å². The smallest absolute Gasteiger partial charge is 0.338 e. The van der Waals surface area contributed by atoms with Crippen LogP contribution in [0.25, 0.3) is 10.8 Å². The SMILES string of the molecule is C=C(C)C(=O)Oc1c(F)c(C)cc2ccccc12. The van der Waals surface area contributed by atoms with E-state index in [0.29, 0.717) is 10.9 Å². The lowest BCUT2D eigenvalue weighted by Crippen LogP contribution is -2.10. The van der Waals surface area contributed by atoms with Gasteiger partial charge in [0.1, 0.15) is 0 Å². The molecule has 0 aliphatic carbocycles. The maximum atomic E-state index is 14.0. The van der Waals surface area contributed by atoms with E-state index >= 15 is 0 Å². The number of carbonyl (C=O) groups is 1. The molecule has 0 amide bonds. The minimum Gasteiger partial charge on any atom is -0.419 e. The van der Waals surface area contributed by atoms with Crippen LogP contribution in [0.4, 0.5) is 4.39 Å². The Morgan fingerprint density at radius 2 is 2.00 bits per heavy atom. The summed E-state index contributed by atoms with van der Waals surface area (Å²) in [6.07, 6.45) is 0. The largest absolute Gasteiger partial charge is 0.419 e. The monoisotopic (exact) mass is 244 g/mol. The number of halogens is 1. The molecule has 0 saturated heterocycles. The molecule has 2 aromatic carbocycles. The van der Waals surface area contributed by atoms with Gasteiger partial charge in [0.15, 0.2) is 11.6 Å². The lowest BCUT2D eigenvalue weighted by atomic mass is 10.1. The number of aryl methyl sites for hydroxylation is 1. The molecular formula is C15H13FO2. The van der Waals surface area contributed by atoms with E-state index in [9.17, 15) is 9.18 Å². The zero-order chi connectivity index (χ0) is 13.3. The van der Waals surface area contributed by atoms with Crippen molar-refractivity contribution in [3.63, 3.8) is 0 Å². The standard InChI is InChI=1S/C15H13FO2/c1-9(2)15(17)18-14-12-7-5-4-6-11(12)8-10(3)13(14)16/h4-8H,1H2,2-3H3. The zero-order valence-electron chi connectivity index (χ0n) is 10.3. The number of rotatable bonds is 2. The molecule has 2 rings (SSSR count). The summed E-state index contributed by atoms with van der Waals surface area (Å²) < 4.78 is 19.1. The minimum absolute atomic E-state index is 0.0291. The fraction of sp³-hybridized carbons (Fsp3) is 0.133. The van der Waals surface area contributed by atoms with Crippen LogP contribution in [0.15, 0.2) is 42.5 Å². The number of carbonyl (C=O) groups excluding carboxylic acids is 1. The summed E-state index contributed by atoms with van der Waals surface area (Å²) in [6, 6.07) is 8.92. The number of hydrogen-bond donors (Lipinski definition) is 0. The Morgan fingerprint density at radius 3 is 2.67 bits per heavy atom. The molecule has 0 aliphatic rings. The first-order chi connectivity index (χ1) is 8.50. The minimum atomic E-state index is -0.621. The summed E-state index contributed by atoms with van der Waals surface area (Å²) in [5.74, 6) is -1.16. The molecule has 0 N–H and O–H groups in total. The zero-order valence-corrected chi connectivity index (χ0v) is 10.3. The predicted octanol–water partition coefficient (Wildman–Crippen LogP) is 3.77. The first kappa shape index (κ1) is 12.3. The first-order valence-corrected chi connectivity index (χ1v) is 5.56. The van der Waals surface area contributed by atoms with Crippen molar-refractivity contribution < 1.29 is 13.9 Å². The molecule has 0 aliphatic heterocycles. The van der Waals surface area contributed by atoms with Crippen molar-refractivity contribution in [1.82, 2.24) is 0 Å². The van der Waals surface area contributed by atoms with Gasteiger partial charge in [-0.1, -0.05) is 30.8 Å². The predicted molar refractivity (Wildman–Crippen MR) is 69.1 cm³/mol. The van der Waals surface area contributed by atoms with Gasteiger partial charge in [-0.15, -0.1) is 0 Å². The molecule has 18 heavy (non-hydrogen) atoms. The van der Waals surface area contributed by atoms with E-state index in [0.717, 1.165) is 5.39 Å². The number of fused-ring (bicyclic) bond motifs is 1. The van der Waals surface area contributed by atoms with Crippen molar-refractivity contribution >= 4 is 16.7 Å². The van der Waals surface area contributed by atoms with Gasteiger partial charge in [0.25, 0.3) is 0 Å². The Kier molecular flexibility index (Phi) is 3.15. The van der Waals surface area contributed by atoms with Crippen molar-refractivity contribution in [3.8, 4) is 5.75 Å². The van der Waals surface area contributed by atoms with Gasteiger partial charge in [0.2, 0.25) is 0 Å². The molecule has 0 heterocycles. The number of esters is 1. The van der Waals surface area contributed by atoms with E-state index in [1.807, 2.05) is 12.1 Å². The summed E-state index contributed by atoms with van der Waals surface area (Å²) in [4.78, 5) is 11.5. The molecule has 0 bridgehead atoms. The van der Waals surface area contributed by atoms with Gasteiger partial charge in [-0.25, -0.2) is 9.18 Å². The topological polar surface area (TPSA) is 26.3 Å². The Bertz CT molecular complexity index is 644. The highest BCUT2D eigenvalue weighted by atomic mass is 19.1. The van der Waals surface area contributed by atoms with Crippen LogP contribution >= 0.6 is 0 Å². The van der Waals surface area contributed by atoms with E-state index in [1.165, 1.54) is 6.92 Å². The Morgan fingerprint density at radius 1 is 1.33 bits per heavy atom. The van der Waals surface area contributed by atoms with Crippen LogP contribution in [-0.2, 0) is 4.79 Å².